The zero-order valence-electron chi connectivity index (χ0n) is 22.8. The third-order valence-corrected chi connectivity index (χ3v) is 6.96. The van der Waals surface area contributed by atoms with E-state index in [4.69, 9.17) is 28.4 Å². The summed E-state index contributed by atoms with van der Waals surface area (Å²) in [7, 11) is 2.65. The highest BCUT2D eigenvalue weighted by molar-refractivity contribution is 5.83. The van der Waals surface area contributed by atoms with E-state index in [0.717, 1.165) is 16.7 Å². The summed E-state index contributed by atoms with van der Waals surface area (Å²) in [6.45, 7) is 3.97. The molecule has 0 spiro atoms. The first kappa shape index (κ1) is 29.6. The Bertz CT molecular complexity index is 1210. The lowest BCUT2D eigenvalue weighted by atomic mass is 9.78. The summed E-state index contributed by atoms with van der Waals surface area (Å²) in [5.74, 6) is -0.871. The topological polar surface area (TPSA) is 92.7 Å². The van der Waals surface area contributed by atoms with E-state index < -0.39 is 35.7 Å². The van der Waals surface area contributed by atoms with Gasteiger partial charge in [-0.05, 0) is 16.7 Å². The van der Waals surface area contributed by atoms with E-state index in [1.807, 2.05) is 91.0 Å². The SMILES string of the molecule is C=C[C@@](O)(COCc1ccccc1)[C@]1(C(=O)OC)O[C@@H](OC)[C@H](OCc2ccccc2)[C@H]1OCc1ccccc1. The highest BCUT2D eigenvalue weighted by atomic mass is 16.7. The fourth-order valence-electron chi connectivity index (χ4n) is 4.84. The Morgan fingerprint density at radius 2 is 1.38 bits per heavy atom. The molecule has 212 valence electrons. The van der Waals surface area contributed by atoms with Crippen LogP contribution in [0.4, 0.5) is 0 Å². The minimum atomic E-state index is -2.13. The fraction of sp³-hybridized carbons (Fsp3) is 0.344. The van der Waals surface area contributed by atoms with Gasteiger partial charge in [-0.25, -0.2) is 4.79 Å². The van der Waals surface area contributed by atoms with Gasteiger partial charge in [-0.3, -0.25) is 0 Å². The summed E-state index contributed by atoms with van der Waals surface area (Å²) in [6, 6.07) is 28.5. The van der Waals surface area contributed by atoms with Crippen molar-refractivity contribution in [3.05, 3.63) is 120 Å². The van der Waals surface area contributed by atoms with Crippen LogP contribution in [-0.4, -0.2) is 61.6 Å². The van der Waals surface area contributed by atoms with Crippen molar-refractivity contribution < 1.29 is 38.3 Å². The van der Waals surface area contributed by atoms with Gasteiger partial charge in [0.2, 0.25) is 5.60 Å². The van der Waals surface area contributed by atoms with E-state index in [-0.39, 0.29) is 26.4 Å². The van der Waals surface area contributed by atoms with Gasteiger partial charge in [0, 0.05) is 7.11 Å². The molecule has 5 atom stereocenters. The Balaban J connectivity index is 1.69. The minimum absolute atomic E-state index is 0.105. The lowest BCUT2D eigenvalue weighted by Gasteiger charge is -2.43. The summed E-state index contributed by atoms with van der Waals surface area (Å²) in [5, 5.41) is 12.1. The van der Waals surface area contributed by atoms with Crippen molar-refractivity contribution in [1.29, 1.82) is 0 Å². The molecule has 4 rings (SSSR count). The molecule has 8 heteroatoms. The van der Waals surface area contributed by atoms with Gasteiger partial charge in [-0.1, -0.05) is 97.1 Å². The molecule has 1 aliphatic rings. The first-order valence-corrected chi connectivity index (χ1v) is 13.0. The van der Waals surface area contributed by atoms with E-state index in [1.165, 1.54) is 20.3 Å². The van der Waals surface area contributed by atoms with E-state index in [9.17, 15) is 9.90 Å². The molecule has 0 bridgehead atoms. The van der Waals surface area contributed by atoms with E-state index in [2.05, 4.69) is 6.58 Å². The van der Waals surface area contributed by atoms with Crippen LogP contribution in [0, 0.1) is 0 Å². The standard InChI is InChI=1S/C32H36O8/c1-4-31(34,23-37-20-24-14-8-5-9-15-24)32(30(33)36-3)28(39-22-26-18-12-7-13-19-26)27(29(35-2)40-32)38-21-25-16-10-6-11-17-25/h4-19,27-29,34H,1,20-23H2,2-3H3/t27-,28-,29-,31-,32+/m1/s1. The number of ether oxygens (including phenoxy) is 6. The molecule has 0 unspecified atom stereocenters. The van der Waals surface area contributed by atoms with Crippen LogP contribution >= 0.6 is 0 Å². The van der Waals surface area contributed by atoms with Crippen LogP contribution in [0.1, 0.15) is 16.7 Å². The molecular weight excluding hydrogens is 512 g/mol. The maximum absolute atomic E-state index is 13.7. The number of rotatable bonds is 14. The van der Waals surface area contributed by atoms with Crippen molar-refractivity contribution in [3.63, 3.8) is 0 Å². The molecule has 0 amide bonds. The number of carbonyl (C=O) groups excluding carboxylic acids is 1. The van der Waals surface area contributed by atoms with E-state index >= 15 is 0 Å². The molecule has 1 aliphatic heterocycles. The number of benzene rings is 3. The van der Waals surface area contributed by atoms with Gasteiger partial charge in [0.25, 0.3) is 0 Å². The fourth-order valence-corrected chi connectivity index (χ4v) is 4.84. The number of hydrogen-bond acceptors (Lipinski definition) is 8. The average Bonchev–Trinajstić information content (AvgIpc) is 3.34. The van der Waals surface area contributed by atoms with Crippen molar-refractivity contribution in [2.75, 3.05) is 20.8 Å². The molecule has 40 heavy (non-hydrogen) atoms. The quantitative estimate of drug-likeness (QED) is 0.237. The molecule has 3 aromatic carbocycles. The van der Waals surface area contributed by atoms with Crippen molar-refractivity contribution in [1.82, 2.24) is 0 Å². The van der Waals surface area contributed by atoms with Gasteiger partial charge in [0.05, 0.1) is 33.5 Å². The van der Waals surface area contributed by atoms with Crippen molar-refractivity contribution in [2.45, 2.75) is 49.5 Å². The Hall–Kier alpha value is -3.37. The largest absolute Gasteiger partial charge is 0.467 e. The minimum Gasteiger partial charge on any atom is -0.467 e. The Labute approximate surface area is 235 Å². The normalized spacial score (nSPS) is 23.8. The monoisotopic (exact) mass is 548 g/mol. The molecule has 1 N–H and O–H groups in total. The third-order valence-electron chi connectivity index (χ3n) is 6.96. The van der Waals surface area contributed by atoms with Gasteiger partial charge in [0.1, 0.15) is 17.8 Å². The highest BCUT2D eigenvalue weighted by Gasteiger charge is 2.71. The molecule has 1 saturated heterocycles. The molecule has 0 aliphatic carbocycles. The predicted molar refractivity (Wildman–Crippen MR) is 148 cm³/mol. The number of hydrogen-bond donors (Lipinski definition) is 1. The van der Waals surface area contributed by atoms with Crippen molar-refractivity contribution >= 4 is 5.97 Å². The molecule has 0 radical (unpaired) electrons. The van der Waals surface area contributed by atoms with Gasteiger partial charge in [-0.2, -0.15) is 0 Å². The maximum atomic E-state index is 13.7. The molecule has 1 heterocycles. The second-order valence-corrected chi connectivity index (χ2v) is 9.53. The van der Waals surface area contributed by atoms with Crippen LogP contribution in [0.5, 0.6) is 0 Å². The summed E-state index contributed by atoms with van der Waals surface area (Å²) >= 11 is 0. The van der Waals surface area contributed by atoms with Crippen LogP contribution in [0.3, 0.4) is 0 Å². The van der Waals surface area contributed by atoms with E-state index in [1.54, 1.807) is 0 Å². The van der Waals surface area contributed by atoms with Crippen LogP contribution < -0.4 is 0 Å². The molecule has 1 fully saturated rings. The Morgan fingerprint density at radius 3 is 1.85 bits per heavy atom. The first-order valence-electron chi connectivity index (χ1n) is 13.0. The van der Waals surface area contributed by atoms with Crippen LogP contribution in [0.2, 0.25) is 0 Å². The lowest BCUT2D eigenvalue weighted by Crippen LogP contribution is -2.67. The zero-order chi connectivity index (χ0) is 28.4. The molecule has 0 aromatic heterocycles. The highest BCUT2D eigenvalue weighted by Crippen LogP contribution is 2.45. The lowest BCUT2D eigenvalue weighted by molar-refractivity contribution is -0.249. The molecular formula is C32H36O8. The third kappa shape index (κ3) is 6.33. The molecule has 0 saturated carbocycles. The van der Waals surface area contributed by atoms with Crippen molar-refractivity contribution in [3.8, 4) is 0 Å². The average molecular weight is 549 g/mol. The number of methoxy groups -OCH3 is 2. The predicted octanol–water partition coefficient (Wildman–Crippen LogP) is 4.21. The summed E-state index contributed by atoms with van der Waals surface area (Å²) < 4.78 is 35.7. The van der Waals surface area contributed by atoms with Gasteiger partial charge in [0.15, 0.2) is 6.29 Å². The number of esters is 1. The van der Waals surface area contributed by atoms with Gasteiger partial charge >= 0.3 is 5.97 Å². The molecule has 3 aromatic rings. The zero-order valence-corrected chi connectivity index (χ0v) is 22.8. The first-order chi connectivity index (χ1) is 19.5. The summed E-state index contributed by atoms with van der Waals surface area (Å²) in [4.78, 5) is 13.7. The van der Waals surface area contributed by atoms with Gasteiger partial charge < -0.3 is 33.5 Å². The second kappa shape index (κ2) is 13.8. The van der Waals surface area contributed by atoms with Gasteiger partial charge in [-0.15, -0.1) is 6.58 Å². The van der Waals surface area contributed by atoms with Crippen LogP contribution in [-0.2, 0) is 53.0 Å². The number of aliphatic hydroxyl groups is 1. The Kier molecular flexibility index (Phi) is 10.2. The second-order valence-electron chi connectivity index (χ2n) is 9.53. The smallest absolute Gasteiger partial charge is 0.344 e. The van der Waals surface area contributed by atoms with Crippen molar-refractivity contribution in [2.24, 2.45) is 0 Å². The maximum Gasteiger partial charge on any atom is 0.344 e. The summed E-state index contributed by atoms with van der Waals surface area (Å²) in [6.07, 6.45) is -1.95. The summed E-state index contributed by atoms with van der Waals surface area (Å²) in [5.41, 5.74) is -1.56. The van der Waals surface area contributed by atoms with Crippen LogP contribution in [0.15, 0.2) is 104 Å². The van der Waals surface area contributed by atoms with E-state index in [0.29, 0.717) is 0 Å². The molecule has 8 nitrogen and oxygen atoms in total. The van der Waals surface area contributed by atoms with Crippen LogP contribution in [0.25, 0.3) is 0 Å². The Morgan fingerprint density at radius 1 is 0.875 bits per heavy atom. The number of carbonyl (C=O) groups is 1.